The second-order valence-electron chi connectivity index (χ2n) is 6.13. The summed E-state index contributed by atoms with van der Waals surface area (Å²) in [4.78, 5) is 24.7. The number of fused-ring (bicyclic) bond motifs is 1. The molecule has 1 fully saturated rings. The van der Waals surface area contributed by atoms with Gasteiger partial charge in [-0.25, -0.2) is 0 Å². The third kappa shape index (κ3) is 2.49. The highest BCUT2D eigenvalue weighted by atomic mass is 16.5. The molecule has 0 spiro atoms. The van der Waals surface area contributed by atoms with Gasteiger partial charge in [0.1, 0.15) is 5.82 Å². The molecule has 120 valence electrons. The van der Waals surface area contributed by atoms with Crippen molar-refractivity contribution >= 4 is 11.7 Å². The Balaban J connectivity index is 1.80. The van der Waals surface area contributed by atoms with Gasteiger partial charge in [0.15, 0.2) is 0 Å². The molecule has 23 heavy (non-hydrogen) atoms. The number of amides is 1. The minimum Gasteiger partial charge on any atom is -0.381 e. The molecule has 6 heteroatoms. The number of H-pyrrole nitrogens is 1. The van der Waals surface area contributed by atoms with Crippen molar-refractivity contribution in [1.82, 2.24) is 9.78 Å². The van der Waals surface area contributed by atoms with E-state index in [2.05, 4.69) is 10.4 Å². The van der Waals surface area contributed by atoms with Crippen LogP contribution in [0.5, 0.6) is 0 Å². The zero-order valence-corrected chi connectivity index (χ0v) is 12.7. The van der Waals surface area contributed by atoms with E-state index >= 15 is 0 Å². The number of carbonyl (C=O) groups is 1. The van der Waals surface area contributed by atoms with Gasteiger partial charge in [-0.1, -0.05) is 30.3 Å². The monoisotopic (exact) mass is 313 g/mol. The van der Waals surface area contributed by atoms with E-state index in [1.807, 2.05) is 35.0 Å². The van der Waals surface area contributed by atoms with Gasteiger partial charge in [0.2, 0.25) is 5.91 Å². The van der Waals surface area contributed by atoms with Crippen LogP contribution in [0.3, 0.4) is 0 Å². The standard InChI is InChI=1S/C17H19N3O3/c21-14-10-13(11-4-2-1-3-5-11)15-16(18-14)20(19-17(15)22)12-6-8-23-9-7-12/h1-5,12-13H,6-10H2,(H,18,21)(H,19,22)/t13-/m1/s1. The van der Waals surface area contributed by atoms with E-state index in [0.717, 1.165) is 18.4 Å². The summed E-state index contributed by atoms with van der Waals surface area (Å²) in [5.74, 6) is 0.392. The first-order valence-electron chi connectivity index (χ1n) is 8.01. The van der Waals surface area contributed by atoms with Crippen molar-refractivity contribution in [3.8, 4) is 0 Å². The fourth-order valence-corrected chi connectivity index (χ4v) is 3.57. The van der Waals surface area contributed by atoms with Gasteiger partial charge >= 0.3 is 0 Å². The van der Waals surface area contributed by atoms with Gasteiger partial charge in [0.05, 0.1) is 11.6 Å². The van der Waals surface area contributed by atoms with Crippen LogP contribution in [0.1, 0.15) is 42.3 Å². The van der Waals surface area contributed by atoms with Crippen LogP contribution in [0, 0.1) is 0 Å². The molecule has 2 aliphatic heterocycles. The second-order valence-corrected chi connectivity index (χ2v) is 6.13. The van der Waals surface area contributed by atoms with Gasteiger partial charge in [0.25, 0.3) is 5.56 Å². The molecule has 2 aliphatic rings. The summed E-state index contributed by atoms with van der Waals surface area (Å²) >= 11 is 0. The molecule has 3 heterocycles. The predicted octanol–water partition coefficient (Wildman–Crippen LogP) is 2.00. The number of aromatic nitrogens is 2. The van der Waals surface area contributed by atoms with Gasteiger partial charge in [-0.15, -0.1) is 0 Å². The number of rotatable bonds is 2. The molecule has 4 rings (SSSR count). The van der Waals surface area contributed by atoms with Crippen LogP contribution < -0.4 is 10.9 Å². The van der Waals surface area contributed by atoms with Gasteiger partial charge in [-0.3, -0.25) is 19.4 Å². The molecule has 0 saturated carbocycles. The van der Waals surface area contributed by atoms with Crippen LogP contribution in [-0.2, 0) is 9.53 Å². The largest absolute Gasteiger partial charge is 0.381 e. The summed E-state index contributed by atoms with van der Waals surface area (Å²) in [5, 5.41) is 5.83. The lowest BCUT2D eigenvalue weighted by molar-refractivity contribution is -0.116. The fourth-order valence-electron chi connectivity index (χ4n) is 3.57. The zero-order chi connectivity index (χ0) is 15.8. The van der Waals surface area contributed by atoms with Crippen molar-refractivity contribution in [2.75, 3.05) is 18.5 Å². The molecule has 0 aliphatic carbocycles. The number of hydrogen-bond acceptors (Lipinski definition) is 3. The Bertz CT molecular complexity index is 772. The summed E-state index contributed by atoms with van der Waals surface area (Å²) < 4.78 is 7.23. The van der Waals surface area contributed by atoms with Crippen LogP contribution in [0.4, 0.5) is 5.82 Å². The second kappa shape index (κ2) is 5.70. The summed E-state index contributed by atoms with van der Waals surface area (Å²) in [6.45, 7) is 1.35. The summed E-state index contributed by atoms with van der Waals surface area (Å²) in [6, 6.07) is 9.91. The third-order valence-corrected chi connectivity index (χ3v) is 4.72. The molecule has 1 amide bonds. The van der Waals surface area contributed by atoms with Crippen molar-refractivity contribution in [1.29, 1.82) is 0 Å². The number of aromatic amines is 1. The van der Waals surface area contributed by atoms with Crippen molar-refractivity contribution in [2.45, 2.75) is 31.2 Å². The van der Waals surface area contributed by atoms with Crippen LogP contribution in [0.25, 0.3) is 0 Å². The smallest absolute Gasteiger partial charge is 0.270 e. The van der Waals surface area contributed by atoms with Crippen LogP contribution in [0.2, 0.25) is 0 Å². The Kier molecular flexibility index (Phi) is 3.53. The van der Waals surface area contributed by atoms with Crippen molar-refractivity contribution < 1.29 is 9.53 Å². The number of nitrogens with zero attached hydrogens (tertiary/aromatic N) is 1. The van der Waals surface area contributed by atoms with Gasteiger partial charge < -0.3 is 10.1 Å². The lowest BCUT2D eigenvalue weighted by atomic mass is 9.87. The topological polar surface area (TPSA) is 76.1 Å². The molecular weight excluding hydrogens is 294 g/mol. The lowest BCUT2D eigenvalue weighted by Crippen LogP contribution is -2.28. The molecule has 1 saturated heterocycles. The van der Waals surface area contributed by atoms with Crippen molar-refractivity contribution in [3.63, 3.8) is 0 Å². The molecular formula is C17H19N3O3. The Morgan fingerprint density at radius 3 is 2.57 bits per heavy atom. The van der Waals surface area contributed by atoms with E-state index in [4.69, 9.17) is 4.74 Å². The molecule has 6 nitrogen and oxygen atoms in total. The van der Waals surface area contributed by atoms with Gasteiger partial charge in [0, 0.05) is 25.6 Å². The third-order valence-electron chi connectivity index (χ3n) is 4.72. The van der Waals surface area contributed by atoms with Crippen LogP contribution in [-0.4, -0.2) is 28.9 Å². The Hall–Kier alpha value is -2.34. The summed E-state index contributed by atoms with van der Waals surface area (Å²) in [6.07, 6.45) is 1.98. The highest BCUT2D eigenvalue weighted by Gasteiger charge is 2.34. The number of ether oxygens (including phenoxy) is 1. The number of hydrogen-bond donors (Lipinski definition) is 2. The average Bonchev–Trinajstić information content (AvgIpc) is 2.92. The van der Waals surface area contributed by atoms with Crippen LogP contribution in [0.15, 0.2) is 35.1 Å². The summed E-state index contributed by atoms with van der Waals surface area (Å²) in [5.41, 5.74) is 1.56. The van der Waals surface area contributed by atoms with Crippen LogP contribution >= 0.6 is 0 Å². The van der Waals surface area contributed by atoms with E-state index < -0.39 is 0 Å². The number of benzene rings is 1. The lowest BCUT2D eigenvalue weighted by Gasteiger charge is -2.28. The SMILES string of the molecule is O=C1C[C@H](c2ccccc2)c2c(n(C3CCOCC3)[nH]c2=O)N1. The Morgan fingerprint density at radius 2 is 1.83 bits per heavy atom. The molecule has 1 aromatic heterocycles. The molecule has 1 aromatic carbocycles. The van der Waals surface area contributed by atoms with E-state index in [-0.39, 0.29) is 23.4 Å². The average molecular weight is 313 g/mol. The molecule has 1 atom stereocenters. The Morgan fingerprint density at radius 1 is 1.09 bits per heavy atom. The van der Waals surface area contributed by atoms with E-state index in [9.17, 15) is 9.59 Å². The highest BCUT2D eigenvalue weighted by molar-refractivity contribution is 5.94. The van der Waals surface area contributed by atoms with E-state index in [1.54, 1.807) is 0 Å². The molecule has 2 N–H and O–H groups in total. The molecule has 0 bridgehead atoms. The van der Waals surface area contributed by atoms with Gasteiger partial charge in [-0.05, 0) is 18.4 Å². The minimum absolute atomic E-state index is 0.0498. The maximum Gasteiger partial charge on any atom is 0.270 e. The summed E-state index contributed by atoms with van der Waals surface area (Å²) in [7, 11) is 0. The number of nitrogens with one attached hydrogen (secondary N) is 2. The van der Waals surface area contributed by atoms with Crippen molar-refractivity contribution in [3.05, 3.63) is 51.8 Å². The first kappa shape index (κ1) is 14.3. The number of anilines is 1. The normalized spacial score (nSPS) is 21.7. The first-order valence-corrected chi connectivity index (χ1v) is 8.01. The van der Waals surface area contributed by atoms with E-state index in [1.165, 1.54) is 0 Å². The number of carbonyl (C=O) groups excluding carboxylic acids is 1. The van der Waals surface area contributed by atoms with Crippen molar-refractivity contribution in [2.24, 2.45) is 0 Å². The molecule has 0 unspecified atom stereocenters. The maximum absolute atomic E-state index is 12.6. The minimum atomic E-state index is -0.190. The first-order chi connectivity index (χ1) is 11.2. The predicted molar refractivity (Wildman–Crippen MR) is 85.7 cm³/mol. The maximum atomic E-state index is 12.6. The molecule has 0 radical (unpaired) electrons. The fraction of sp³-hybridized carbons (Fsp3) is 0.412. The quantitative estimate of drug-likeness (QED) is 0.890. The zero-order valence-electron chi connectivity index (χ0n) is 12.7. The van der Waals surface area contributed by atoms with Gasteiger partial charge in [-0.2, -0.15) is 0 Å². The Labute approximate surface area is 133 Å². The molecule has 2 aromatic rings. The highest BCUT2D eigenvalue weighted by Crippen LogP contribution is 2.37. The van der Waals surface area contributed by atoms with E-state index in [0.29, 0.717) is 31.0 Å².